The van der Waals surface area contributed by atoms with Gasteiger partial charge in [0.2, 0.25) is 0 Å². The normalized spacial score (nSPS) is 21.6. The molecular weight excluding hydrogens is 432 g/mol. The van der Waals surface area contributed by atoms with E-state index in [1.165, 1.54) is 21.6 Å². The minimum Gasteiger partial charge on any atom is -0.378 e. The largest absolute Gasteiger partial charge is 0.378 e. The van der Waals surface area contributed by atoms with Gasteiger partial charge in [-0.3, -0.25) is 9.48 Å². The molecular formula is C22H27F2N7O2. The van der Waals surface area contributed by atoms with Crippen molar-refractivity contribution in [1.82, 2.24) is 24.4 Å². The predicted octanol–water partition coefficient (Wildman–Crippen LogP) is 3.70. The molecule has 1 N–H and O–H groups in total. The van der Waals surface area contributed by atoms with Gasteiger partial charge in [0, 0.05) is 19.3 Å². The van der Waals surface area contributed by atoms with Gasteiger partial charge in [-0.15, -0.1) is 0 Å². The van der Waals surface area contributed by atoms with Crippen molar-refractivity contribution in [1.29, 1.82) is 0 Å². The number of rotatable bonds is 5. The van der Waals surface area contributed by atoms with E-state index >= 15 is 0 Å². The predicted molar refractivity (Wildman–Crippen MR) is 118 cm³/mol. The molecule has 1 saturated carbocycles. The molecule has 3 aromatic rings. The molecule has 9 nitrogen and oxygen atoms in total. The number of alkyl halides is 2. The molecule has 11 heteroatoms. The van der Waals surface area contributed by atoms with Crippen molar-refractivity contribution < 1.29 is 18.3 Å². The standard InChI is InChI=1S/C22H27F2N7O2/c1-14-2-4-15(5-3-14)31-19(20(23)24)17(13-26-31)27-22(32)16-12-25-30-7-6-18(28-21(16)30)29-8-10-33-11-9-29/h6-7,12-15,20H,2-5,8-11H2,1H3,(H,27,32). The van der Waals surface area contributed by atoms with Gasteiger partial charge in [-0.25, -0.2) is 18.3 Å². The maximum absolute atomic E-state index is 14.0. The Balaban J connectivity index is 1.40. The van der Waals surface area contributed by atoms with Gasteiger partial charge >= 0.3 is 0 Å². The highest BCUT2D eigenvalue weighted by atomic mass is 19.3. The number of fused-ring (bicyclic) bond motifs is 1. The monoisotopic (exact) mass is 459 g/mol. The highest BCUT2D eigenvalue weighted by Crippen LogP contribution is 2.37. The molecule has 1 aliphatic heterocycles. The lowest BCUT2D eigenvalue weighted by Gasteiger charge is -2.27. The molecule has 33 heavy (non-hydrogen) atoms. The fraction of sp³-hybridized carbons (Fsp3) is 0.545. The van der Waals surface area contributed by atoms with Crippen LogP contribution in [0, 0.1) is 5.92 Å². The van der Waals surface area contributed by atoms with Crippen LogP contribution >= 0.6 is 0 Å². The Hall–Kier alpha value is -3.08. The second-order valence-corrected chi connectivity index (χ2v) is 8.77. The Labute approximate surface area is 189 Å². The molecule has 3 aromatic heterocycles. The van der Waals surface area contributed by atoms with Gasteiger partial charge in [0.15, 0.2) is 5.65 Å². The third-order valence-electron chi connectivity index (χ3n) is 6.55. The topological polar surface area (TPSA) is 89.6 Å². The molecule has 0 atom stereocenters. The highest BCUT2D eigenvalue weighted by Gasteiger charge is 2.29. The number of nitrogens with one attached hydrogen (secondary N) is 1. The van der Waals surface area contributed by atoms with Crippen LogP contribution in [0.15, 0.2) is 24.7 Å². The minimum atomic E-state index is -2.75. The van der Waals surface area contributed by atoms with E-state index in [0.717, 1.165) is 25.7 Å². The Morgan fingerprint density at radius 1 is 1.15 bits per heavy atom. The quantitative estimate of drug-likeness (QED) is 0.626. The molecule has 1 aliphatic carbocycles. The van der Waals surface area contributed by atoms with E-state index in [4.69, 9.17) is 4.74 Å². The summed E-state index contributed by atoms with van der Waals surface area (Å²) in [5.41, 5.74) is 0.354. The SMILES string of the molecule is CC1CCC(n2ncc(NC(=O)c3cnn4ccc(N5CCOCC5)nc34)c2C(F)F)CC1. The summed E-state index contributed by atoms with van der Waals surface area (Å²) in [5, 5.41) is 11.0. The van der Waals surface area contributed by atoms with Crippen molar-refractivity contribution in [2.45, 2.75) is 45.1 Å². The number of aromatic nitrogens is 5. The number of carbonyl (C=O) groups is 1. The van der Waals surface area contributed by atoms with Crippen LogP contribution in [-0.4, -0.2) is 56.6 Å². The maximum Gasteiger partial charge on any atom is 0.282 e. The zero-order valence-corrected chi connectivity index (χ0v) is 18.5. The molecule has 0 spiro atoms. The Morgan fingerprint density at radius 2 is 1.91 bits per heavy atom. The molecule has 0 unspecified atom stereocenters. The number of anilines is 2. The van der Waals surface area contributed by atoms with Crippen LogP contribution < -0.4 is 10.2 Å². The van der Waals surface area contributed by atoms with Crippen LogP contribution in [0.3, 0.4) is 0 Å². The van der Waals surface area contributed by atoms with E-state index < -0.39 is 12.3 Å². The molecule has 2 aliphatic rings. The van der Waals surface area contributed by atoms with E-state index in [1.54, 1.807) is 6.20 Å². The number of amides is 1. The van der Waals surface area contributed by atoms with Crippen molar-refractivity contribution in [2.24, 2.45) is 5.92 Å². The Morgan fingerprint density at radius 3 is 2.64 bits per heavy atom. The first kappa shape index (κ1) is 21.7. The van der Waals surface area contributed by atoms with Crippen molar-refractivity contribution in [2.75, 3.05) is 36.5 Å². The van der Waals surface area contributed by atoms with Crippen molar-refractivity contribution in [3.63, 3.8) is 0 Å². The van der Waals surface area contributed by atoms with E-state index in [-0.39, 0.29) is 23.0 Å². The molecule has 4 heterocycles. The summed E-state index contributed by atoms with van der Waals surface area (Å²) in [7, 11) is 0. The third-order valence-corrected chi connectivity index (χ3v) is 6.55. The number of nitrogens with zero attached hydrogens (tertiary/aromatic N) is 6. The first-order valence-corrected chi connectivity index (χ1v) is 11.3. The van der Waals surface area contributed by atoms with Gasteiger partial charge in [0.1, 0.15) is 17.1 Å². The van der Waals surface area contributed by atoms with Gasteiger partial charge < -0.3 is 15.0 Å². The maximum atomic E-state index is 14.0. The lowest BCUT2D eigenvalue weighted by Crippen LogP contribution is -2.36. The van der Waals surface area contributed by atoms with Gasteiger partial charge in [0.05, 0.1) is 37.3 Å². The number of halogens is 2. The Kier molecular flexibility index (Phi) is 5.96. The Bertz CT molecular complexity index is 1130. The number of morpholine rings is 1. The molecule has 1 saturated heterocycles. The number of carbonyl (C=O) groups excluding carboxylic acids is 1. The molecule has 5 rings (SSSR count). The molecule has 176 valence electrons. The van der Waals surface area contributed by atoms with Crippen LogP contribution in [0.5, 0.6) is 0 Å². The average Bonchev–Trinajstić information content (AvgIpc) is 3.44. The average molecular weight is 460 g/mol. The zero-order chi connectivity index (χ0) is 22.9. The van der Waals surface area contributed by atoms with Crippen molar-refractivity contribution in [3.8, 4) is 0 Å². The molecule has 0 radical (unpaired) electrons. The van der Waals surface area contributed by atoms with Gasteiger partial charge in [-0.05, 0) is 37.7 Å². The first-order valence-electron chi connectivity index (χ1n) is 11.3. The second kappa shape index (κ2) is 9.05. The van der Waals surface area contributed by atoms with Crippen LogP contribution in [0.25, 0.3) is 5.65 Å². The molecule has 1 amide bonds. The van der Waals surface area contributed by atoms with E-state index in [2.05, 4.69) is 32.3 Å². The summed E-state index contributed by atoms with van der Waals surface area (Å²) < 4.78 is 36.3. The van der Waals surface area contributed by atoms with E-state index in [0.29, 0.717) is 43.7 Å². The van der Waals surface area contributed by atoms with Gasteiger partial charge in [-0.2, -0.15) is 10.2 Å². The summed E-state index contributed by atoms with van der Waals surface area (Å²) in [6.07, 6.45) is 5.26. The van der Waals surface area contributed by atoms with Crippen molar-refractivity contribution in [3.05, 3.63) is 35.9 Å². The van der Waals surface area contributed by atoms with Crippen LogP contribution in [0.4, 0.5) is 20.3 Å². The summed E-state index contributed by atoms with van der Waals surface area (Å²) in [5.74, 6) is 0.764. The second-order valence-electron chi connectivity index (χ2n) is 8.77. The smallest absolute Gasteiger partial charge is 0.282 e. The summed E-state index contributed by atoms with van der Waals surface area (Å²) >= 11 is 0. The number of ether oxygens (including phenoxy) is 1. The lowest BCUT2D eigenvalue weighted by atomic mass is 9.87. The number of hydrogen-bond donors (Lipinski definition) is 1. The van der Waals surface area contributed by atoms with Crippen LogP contribution in [0.1, 0.15) is 61.1 Å². The summed E-state index contributed by atoms with van der Waals surface area (Å²) in [6, 6.07) is 1.75. The van der Waals surface area contributed by atoms with Gasteiger partial charge in [0.25, 0.3) is 12.3 Å². The highest BCUT2D eigenvalue weighted by molar-refractivity contribution is 6.08. The summed E-state index contributed by atoms with van der Waals surface area (Å²) in [6.45, 7) is 4.80. The molecule has 0 bridgehead atoms. The first-order chi connectivity index (χ1) is 16.0. The van der Waals surface area contributed by atoms with Gasteiger partial charge in [-0.1, -0.05) is 6.92 Å². The summed E-state index contributed by atoms with van der Waals surface area (Å²) in [4.78, 5) is 19.7. The third kappa shape index (κ3) is 4.29. The van der Waals surface area contributed by atoms with Crippen molar-refractivity contribution >= 4 is 23.1 Å². The molecule has 0 aromatic carbocycles. The number of hydrogen-bond acceptors (Lipinski definition) is 6. The lowest BCUT2D eigenvalue weighted by molar-refractivity contribution is 0.102. The van der Waals surface area contributed by atoms with E-state index in [1.807, 2.05) is 6.07 Å². The minimum absolute atomic E-state index is 0.0253. The van der Waals surface area contributed by atoms with Crippen LogP contribution in [0.2, 0.25) is 0 Å². The van der Waals surface area contributed by atoms with Crippen LogP contribution in [-0.2, 0) is 4.74 Å². The fourth-order valence-corrected chi connectivity index (χ4v) is 4.64. The zero-order valence-electron chi connectivity index (χ0n) is 18.5. The molecule has 2 fully saturated rings. The van der Waals surface area contributed by atoms with E-state index in [9.17, 15) is 13.6 Å². The fourth-order valence-electron chi connectivity index (χ4n) is 4.64.